The third kappa shape index (κ3) is 3.28. The number of aryl methyl sites for hydroxylation is 1. The number of esters is 1. The predicted octanol–water partition coefficient (Wildman–Crippen LogP) is 2.18. The van der Waals surface area contributed by atoms with Crippen LogP contribution in [0.4, 0.5) is 5.82 Å². The van der Waals surface area contributed by atoms with Crippen molar-refractivity contribution in [2.24, 2.45) is 0 Å². The minimum atomic E-state index is -0.405. The summed E-state index contributed by atoms with van der Waals surface area (Å²) in [6.45, 7) is 2.49. The van der Waals surface area contributed by atoms with Crippen molar-refractivity contribution in [2.45, 2.75) is 13.5 Å². The molecular formula is C14H15N3O2. The summed E-state index contributed by atoms with van der Waals surface area (Å²) in [7, 11) is 1.35. The minimum absolute atomic E-state index is 0.405. The van der Waals surface area contributed by atoms with Gasteiger partial charge < -0.3 is 10.1 Å². The lowest BCUT2D eigenvalue weighted by Gasteiger charge is -2.09. The minimum Gasteiger partial charge on any atom is -0.465 e. The molecule has 5 heteroatoms. The zero-order valence-corrected chi connectivity index (χ0v) is 10.9. The maximum absolute atomic E-state index is 11.6. The summed E-state index contributed by atoms with van der Waals surface area (Å²) in [4.78, 5) is 19.9. The second-order valence-corrected chi connectivity index (χ2v) is 4.05. The summed E-state index contributed by atoms with van der Waals surface area (Å²) in [5.74, 6) is 0.104. The lowest BCUT2D eigenvalue weighted by Crippen LogP contribution is -2.09. The molecule has 0 fully saturated rings. The molecule has 0 aromatic carbocycles. The molecule has 0 saturated heterocycles. The number of aromatic nitrogens is 2. The van der Waals surface area contributed by atoms with E-state index in [2.05, 4.69) is 15.3 Å². The third-order valence-corrected chi connectivity index (χ3v) is 2.65. The number of nitrogens with one attached hydrogen (secondary N) is 1. The van der Waals surface area contributed by atoms with Gasteiger partial charge in [0.25, 0.3) is 0 Å². The van der Waals surface area contributed by atoms with E-state index in [4.69, 9.17) is 4.74 Å². The van der Waals surface area contributed by atoms with Gasteiger partial charge >= 0.3 is 5.97 Å². The van der Waals surface area contributed by atoms with Gasteiger partial charge in [-0.3, -0.25) is 4.98 Å². The molecule has 0 saturated carbocycles. The van der Waals surface area contributed by atoms with Crippen molar-refractivity contribution in [3.8, 4) is 0 Å². The molecule has 2 heterocycles. The van der Waals surface area contributed by atoms with Crippen LogP contribution in [0, 0.1) is 6.92 Å². The van der Waals surface area contributed by atoms with Gasteiger partial charge in [-0.25, -0.2) is 9.78 Å². The molecule has 0 bridgehead atoms. The van der Waals surface area contributed by atoms with E-state index < -0.39 is 5.97 Å². The number of hydrogen-bond acceptors (Lipinski definition) is 5. The van der Waals surface area contributed by atoms with E-state index in [0.29, 0.717) is 17.9 Å². The molecule has 19 heavy (non-hydrogen) atoms. The zero-order chi connectivity index (χ0) is 13.7. The molecule has 2 aromatic rings. The van der Waals surface area contributed by atoms with Gasteiger partial charge in [-0.15, -0.1) is 0 Å². The molecule has 0 radical (unpaired) electrons. The van der Waals surface area contributed by atoms with Crippen LogP contribution < -0.4 is 5.32 Å². The van der Waals surface area contributed by atoms with Gasteiger partial charge in [0.1, 0.15) is 11.4 Å². The van der Waals surface area contributed by atoms with Crippen LogP contribution in [0.2, 0.25) is 0 Å². The van der Waals surface area contributed by atoms with E-state index >= 15 is 0 Å². The summed E-state index contributed by atoms with van der Waals surface area (Å²) in [5.41, 5.74) is 2.41. The number of rotatable bonds is 4. The Hall–Kier alpha value is -2.43. The largest absolute Gasteiger partial charge is 0.465 e. The number of ether oxygens (including phenoxy) is 1. The fraction of sp³-hybridized carbons (Fsp3) is 0.214. The Morgan fingerprint density at radius 1 is 1.32 bits per heavy atom. The number of carbonyl (C=O) groups is 1. The number of pyridine rings is 2. The Kier molecular flexibility index (Phi) is 4.07. The molecule has 0 atom stereocenters. The normalized spacial score (nSPS) is 10.0. The molecule has 0 spiro atoms. The fourth-order valence-electron chi connectivity index (χ4n) is 1.61. The molecule has 2 aromatic heterocycles. The van der Waals surface area contributed by atoms with Crippen LogP contribution in [0.25, 0.3) is 0 Å². The smallest absolute Gasteiger partial charge is 0.341 e. The van der Waals surface area contributed by atoms with Crippen molar-refractivity contribution >= 4 is 11.8 Å². The average molecular weight is 257 g/mol. The number of hydrogen-bond donors (Lipinski definition) is 1. The maximum Gasteiger partial charge on any atom is 0.341 e. The Bertz CT molecular complexity index is 567. The van der Waals surface area contributed by atoms with Crippen molar-refractivity contribution in [1.29, 1.82) is 0 Å². The third-order valence-electron chi connectivity index (χ3n) is 2.65. The number of carbonyl (C=O) groups excluding carboxylic acids is 1. The van der Waals surface area contributed by atoms with Crippen LogP contribution in [-0.4, -0.2) is 23.0 Å². The molecular weight excluding hydrogens is 242 g/mol. The van der Waals surface area contributed by atoms with Crippen LogP contribution in [0.3, 0.4) is 0 Å². The Labute approximate surface area is 111 Å². The fourth-order valence-corrected chi connectivity index (χ4v) is 1.61. The lowest BCUT2D eigenvalue weighted by molar-refractivity contribution is 0.0601. The van der Waals surface area contributed by atoms with Crippen molar-refractivity contribution in [3.63, 3.8) is 0 Å². The highest BCUT2D eigenvalue weighted by Crippen LogP contribution is 2.13. The number of nitrogens with zero attached hydrogens (tertiary/aromatic N) is 2. The van der Waals surface area contributed by atoms with Crippen LogP contribution in [-0.2, 0) is 11.3 Å². The second-order valence-electron chi connectivity index (χ2n) is 4.05. The first kappa shape index (κ1) is 13.0. The molecule has 98 valence electrons. The van der Waals surface area contributed by atoms with E-state index in [1.807, 2.05) is 19.1 Å². The quantitative estimate of drug-likeness (QED) is 0.850. The van der Waals surface area contributed by atoms with Crippen LogP contribution in [0.1, 0.15) is 21.6 Å². The SMILES string of the molecule is COC(=O)c1cccnc1NCc1ccc(C)nc1. The summed E-state index contributed by atoms with van der Waals surface area (Å²) in [5, 5.41) is 3.11. The lowest BCUT2D eigenvalue weighted by atomic mass is 10.2. The second kappa shape index (κ2) is 5.95. The highest BCUT2D eigenvalue weighted by Gasteiger charge is 2.11. The van der Waals surface area contributed by atoms with Crippen LogP contribution in [0.5, 0.6) is 0 Å². The first-order chi connectivity index (χ1) is 9.20. The van der Waals surface area contributed by atoms with Gasteiger partial charge in [0, 0.05) is 24.6 Å². The van der Waals surface area contributed by atoms with Crippen LogP contribution in [0.15, 0.2) is 36.7 Å². The number of anilines is 1. The summed E-state index contributed by atoms with van der Waals surface area (Å²) >= 11 is 0. The first-order valence-electron chi connectivity index (χ1n) is 5.89. The molecule has 0 aliphatic carbocycles. The number of methoxy groups -OCH3 is 1. The van der Waals surface area contributed by atoms with Gasteiger partial charge in [0.2, 0.25) is 0 Å². The van der Waals surface area contributed by atoms with E-state index in [-0.39, 0.29) is 0 Å². The van der Waals surface area contributed by atoms with Gasteiger partial charge in [-0.2, -0.15) is 0 Å². The van der Waals surface area contributed by atoms with Crippen molar-refractivity contribution in [1.82, 2.24) is 9.97 Å². The molecule has 0 amide bonds. The van der Waals surface area contributed by atoms with Gasteiger partial charge in [-0.1, -0.05) is 6.07 Å². The Morgan fingerprint density at radius 2 is 2.16 bits per heavy atom. The highest BCUT2D eigenvalue weighted by molar-refractivity contribution is 5.94. The van der Waals surface area contributed by atoms with Crippen LogP contribution >= 0.6 is 0 Å². The Balaban J connectivity index is 2.11. The predicted molar refractivity (Wildman–Crippen MR) is 71.9 cm³/mol. The van der Waals surface area contributed by atoms with Gasteiger partial charge in [-0.05, 0) is 30.7 Å². The van der Waals surface area contributed by atoms with Gasteiger partial charge in [0.05, 0.1) is 7.11 Å². The average Bonchev–Trinajstić information content (AvgIpc) is 2.46. The summed E-state index contributed by atoms with van der Waals surface area (Å²) in [6.07, 6.45) is 3.42. The molecule has 0 aliphatic heterocycles. The van der Waals surface area contributed by atoms with Gasteiger partial charge in [0.15, 0.2) is 0 Å². The first-order valence-corrected chi connectivity index (χ1v) is 5.89. The highest BCUT2D eigenvalue weighted by atomic mass is 16.5. The zero-order valence-electron chi connectivity index (χ0n) is 10.9. The molecule has 0 aliphatic rings. The molecule has 1 N–H and O–H groups in total. The summed E-state index contributed by atoms with van der Waals surface area (Å²) < 4.78 is 4.71. The molecule has 0 unspecified atom stereocenters. The van der Waals surface area contributed by atoms with E-state index in [0.717, 1.165) is 11.3 Å². The van der Waals surface area contributed by atoms with E-state index in [9.17, 15) is 4.79 Å². The van der Waals surface area contributed by atoms with E-state index in [1.165, 1.54) is 7.11 Å². The monoisotopic (exact) mass is 257 g/mol. The van der Waals surface area contributed by atoms with Crippen molar-refractivity contribution < 1.29 is 9.53 Å². The topological polar surface area (TPSA) is 64.1 Å². The van der Waals surface area contributed by atoms with Crippen molar-refractivity contribution in [2.75, 3.05) is 12.4 Å². The Morgan fingerprint density at radius 3 is 2.84 bits per heavy atom. The van der Waals surface area contributed by atoms with E-state index in [1.54, 1.807) is 24.5 Å². The molecule has 5 nitrogen and oxygen atoms in total. The summed E-state index contributed by atoms with van der Waals surface area (Å²) in [6, 6.07) is 7.30. The maximum atomic E-state index is 11.6. The van der Waals surface area contributed by atoms with Crippen molar-refractivity contribution in [3.05, 3.63) is 53.5 Å². The molecule has 2 rings (SSSR count). The standard InChI is InChI=1S/C14H15N3O2/c1-10-5-6-11(8-16-10)9-17-13-12(14(18)19-2)4-3-7-15-13/h3-8H,9H2,1-2H3,(H,15,17).